The first-order valence-corrected chi connectivity index (χ1v) is 6.07. The van der Waals surface area contributed by atoms with Gasteiger partial charge in [-0.15, -0.1) is 0 Å². The third-order valence-corrected chi connectivity index (χ3v) is 2.79. The van der Waals surface area contributed by atoms with Gasteiger partial charge in [0.15, 0.2) is 0 Å². The predicted molar refractivity (Wildman–Crippen MR) is 66.2 cm³/mol. The molecule has 0 bridgehead atoms. The van der Waals surface area contributed by atoms with E-state index in [0.29, 0.717) is 0 Å². The summed E-state index contributed by atoms with van der Waals surface area (Å²) in [6.07, 6.45) is -0.696. The van der Waals surface area contributed by atoms with E-state index >= 15 is 0 Å². The molecule has 0 radical (unpaired) electrons. The number of nitro groups is 1. The molecule has 0 rings (SSSR count). The van der Waals surface area contributed by atoms with Crippen LogP contribution in [0.3, 0.4) is 0 Å². The molecule has 0 aliphatic carbocycles. The van der Waals surface area contributed by atoms with Gasteiger partial charge in [-0.2, -0.15) is 0 Å². The first kappa shape index (κ1) is 17.2. The Bertz CT molecular complexity index is 358. The minimum absolute atomic E-state index is 0.00850. The van der Waals surface area contributed by atoms with Crippen LogP contribution in [0.5, 0.6) is 0 Å². The van der Waals surface area contributed by atoms with Gasteiger partial charge >= 0.3 is 11.5 Å². The largest absolute Gasteiger partial charge is 0.461 e. The molecule has 0 aromatic heterocycles. The Morgan fingerprint density at radius 1 is 1.11 bits per heavy atom. The van der Waals surface area contributed by atoms with Crippen LogP contribution in [0.4, 0.5) is 0 Å². The second-order valence-electron chi connectivity index (χ2n) is 4.41. The molecule has 0 saturated heterocycles. The van der Waals surface area contributed by atoms with Gasteiger partial charge in [-0.25, -0.2) is 4.79 Å². The molecule has 0 amide bonds. The van der Waals surface area contributed by atoms with Gasteiger partial charge in [0.25, 0.3) is 0 Å². The summed E-state index contributed by atoms with van der Waals surface area (Å²) >= 11 is 0. The minimum atomic E-state index is -2.01. The minimum Gasteiger partial charge on any atom is -0.461 e. The third-order valence-electron chi connectivity index (χ3n) is 2.79. The summed E-state index contributed by atoms with van der Waals surface area (Å²) in [5.41, 5.74) is -2.01. The van der Waals surface area contributed by atoms with Crippen molar-refractivity contribution in [1.82, 2.24) is 0 Å². The molecular weight excluding hydrogens is 254 g/mol. The average Bonchev–Trinajstić information content (AvgIpc) is 2.28. The molecule has 0 heterocycles. The van der Waals surface area contributed by atoms with Gasteiger partial charge in [0.1, 0.15) is 11.6 Å². The van der Waals surface area contributed by atoms with Crippen molar-refractivity contribution in [2.75, 3.05) is 6.61 Å². The van der Waals surface area contributed by atoms with Crippen molar-refractivity contribution in [1.29, 1.82) is 0 Å². The lowest BCUT2D eigenvalue weighted by Gasteiger charge is -2.22. The smallest absolute Gasteiger partial charge is 0.384 e. The molecule has 19 heavy (non-hydrogen) atoms. The summed E-state index contributed by atoms with van der Waals surface area (Å²) in [6.45, 7) is 4.13. The Morgan fingerprint density at radius 2 is 1.53 bits per heavy atom. The molecule has 108 valence electrons. The molecule has 0 aromatic carbocycles. The van der Waals surface area contributed by atoms with Crippen LogP contribution in [0.2, 0.25) is 0 Å². The highest BCUT2D eigenvalue weighted by molar-refractivity contribution is 5.83. The number of carbonyl (C=O) groups excluding carboxylic acids is 3. The van der Waals surface area contributed by atoms with Gasteiger partial charge in [-0.3, -0.25) is 10.1 Å². The van der Waals surface area contributed by atoms with Crippen LogP contribution in [0.15, 0.2) is 0 Å². The summed E-state index contributed by atoms with van der Waals surface area (Å²) in [6, 6.07) is 0. The van der Waals surface area contributed by atoms with Crippen molar-refractivity contribution < 1.29 is 24.0 Å². The Hall–Kier alpha value is -1.79. The fourth-order valence-corrected chi connectivity index (χ4v) is 1.62. The summed E-state index contributed by atoms with van der Waals surface area (Å²) < 4.78 is 4.73. The van der Waals surface area contributed by atoms with Crippen LogP contribution in [0.25, 0.3) is 0 Å². The molecule has 0 aromatic rings. The molecule has 7 heteroatoms. The lowest BCUT2D eigenvalue weighted by atomic mass is 9.87. The molecule has 0 saturated carbocycles. The van der Waals surface area contributed by atoms with E-state index < -0.39 is 16.4 Å². The summed E-state index contributed by atoms with van der Waals surface area (Å²) in [5, 5.41) is 11.2. The zero-order valence-corrected chi connectivity index (χ0v) is 11.4. The monoisotopic (exact) mass is 273 g/mol. The molecule has 0 atom stereocenters. The van der Waals surface area contributed by atoms with Gasteiger partial charge in [0.05, 0.1) is 6.61 Å². The number of ketones is 2. The fraction of sp³-hybridized carbons (Fsp3) is 0.750. The molecule has 0 aliphatic heterocycles. The van der Waals surface area contributed by atoms with E-state index in [1.165, 1.54) is 13.8 Å². The van der Waals surface area contributed by atoms with Crippen LogP contribution in [0, 0.1) is 10.1 Å². The topological polar surface area (TPSA) is 104 Å². The van der Waals surface area contributed by atoms with Crippen molar-refractivity contribution in [2.24, 2.45) is 0 Å². The average molecular weight is 273 g/mol. The molecule has 0 unspecified atom stereocenters. The van der Waals surface area contributed by atoms with Crippen molar-refractivity contribution >= 4 is 17.5 Å². The van der Waals surface area contributed by atoms with Gasteiger partial charge < -0.3 is 14.3 Å². The second kappa shape index (κ2) is 7.60. The lowest BCUT2D eigenvalue weighted by molar-refractivity contribution is -0.557. The number of Topliss-reactive ketones (excluding diaryl/α,β-unsaturated/α-hetero) is 2. The molecule has 0 N–H and O–H groups in total. The number of hydrogen-bond acceptors (Lipinski definition) is 6. The van der Waals surface area contributed by atoms with E-state index in [1.807, 2.05) is 0 Å². The van der Waals surface area contributed by atoms with Crippen molar-refractivity contribution in [3.63, 3.8) is 0 Å². The number of esters is 1. The highest BCUT2D eigenvalue weighted by Gasteiger charge is 2.51. The van der Waals surface area contributed by atoms with Crippen molar-refractivity contribution in [3.05, 3.63) is 10.1 Å². The summed E-state index contributed by atoms with van der Waals surface area (Å²) in [7, 11) is 0. The third kappa shape index (κ3) is 5.15. The Balaban J connectivity index is 5.20. The zero-order chi connectivity index (χ0) is 15.1. The fourth-order valence-electron chi connectivity index (χ4n) is 1.62. The van der Waals surface area contributed by atoms with Gasteiger partial charge in [0, 0.05) is 30.6 Å². The molecule has 0 fully saturated rings. The van der Waals surface area contributed by atoms with E-state index in [4.69, 9.17) is 4.74 Å². The highest BCUT2D eigenvalue weighted by Crippen LogP contribution is 2.26. The second-order valence-corrected chi connectivity index (χ2v) is 4.41. The maximum Gasteiger partial charge on any atom is 0.384 e. The van der Waals surface area contributed by atoms with E-state index in [2.05, 4.69) is 0 Å². The number of rotatable bonds is 9. The Morgan fingerprint density at radius 3 is 1.79 bits per heavy atom. The van der Waals surface area contributed by atoms with Gasteiger partial charge in [-0.1, -0.05) is 0 Å². The molecular formula is C12H19NO6. The Kier molecular flexibility index (Phi) is 6.89. The highest BCUT2D eigenvalue weighted by atomic mass is 16.6. The van der Waals surface area contributed by atoms with Crippen molar-refractivity contribution in [2.45, 2.75) is 52.0 Å². The van der Waals surface area contributed by atoms with Crippen LogP contribution < -0.4 is 0 Å². The maximum absolute atomic E-state index is 11.8. The Labute approximate surface area is 111 Å². The van der Waals surface area contributed by atoms with E-state index in [-0.39, 0.29) is 43.9 Å². The number of ether oxygens (including phenoxy) is 1. The molecule has 0 spiro atoms. The first-order chi connectivity index (χ1) is 8.76. The molecule has 7 nitrogen and oxygen atoms in total. The maximum atomic E-state index is 11.8. The lowest BCUT2D eigenvalue weighted by Crippen LogP contribution is -2.48. The zero-order valence-electron chi connectivity index (χ0n) is 11.4. The SMILES string of the molecule is CCOC(=O)C(CCC(C)=O)(CCC(C)=O)[N+](=O)[O-]. The van der Waals surface area contributed by atoms with Crippen LogP contribution in [-0.2, 0) is 19.1 Å². The van der Waals surface area contributed by atoms with Crippen LogP contribution in [-0.4, -0.2) is 34.6 Å². The molecule has 0 aliphatic rings. The van der Waals surface area contributed by atoms with Gasteiger partial charge in [0.2, 0.25) is 0 Å². The first-order valence-electron chi connectivity index (χ1n) is 6.07. The van der Waals surface area contributed by atoms with E-state index in [0.717, 1.165) is 0 Å². The number of hydrogen-bond donors (Lipinski definition) is 0. The van der Waals surface area contributed by atoms with E-state index in [1.54, 1.807) is 6.92 Å². The number of nitrogens with zero attached hydrogens (tertiary/aromatic N) is 1. The number of carbonyl (C=O) groups is 3. The van der Waals surface area contributed by atoms with Crippen LogP contribution in [0.1, 0.15) is 46.5 Å². The van der Waals surface area contributed by atoms with Crippen LogP contribution >= 0.6 is 0 Å². The van der Waals surface area contributed by atoms with Gasteiger partial charge in [-0.05, 0) is 20.8 Å². The summed E-state index contributed by atoms with van der Waals surface area (Å²) in [4.78, 5) is 44.3. The summed E-state index contributed by atoms with van der Waals surface area (Å²) in [5.74, 6) is -1.49. The quantitative estimate of drug-likeness (QED) is 0.356. The van der Waals surface area contributed by atoms with E-state index in [9.17, 15) is 24.5 Å². The standard InChI is InChI=1S/C12H19NO6/c1-4-19-11(16)12(13(17)18,7-5-9(2)14)8-6-10(3)15/h4-8H2,1-3H3. The normalized spacial score (nSPS) is 10.9. The predicted octanol–water partition coefficient (Wildman–Crippen LogP) is 1.30. The van der Waals surface area contributed by atoms with Crippen molar-refractivity contribution in [3.8, 4) is 0 Å².